The number of anilines is 1. The second kappa shape index (κ2) is 4.31. The number of hydrogen-bond donors (Lipinski definition) is 2. The Labute approximate surface area is 114 Å². The van der Waals surface area contributed by atoms with E-state index in [1.807, 2.05) is 0 Å². The number of alkyl carbamates (subject to hydrolysis) is 1. The monoisotopic (exact) mass is 282 g/mol. The number of amides is 2. The Morgan fingerprint density at radius 3 is 2.89 bits per heavy atom. The lowest BCUT2D eigenvalue weighted by atomic mass is 10.0. The number of fused-ring (bicyclic) bond motifs is 1. The molecule has 1 aromatic rings. The van der Waals surface area contributed by atoms with E-state index in [2.05, 4.69) is 10.6 Å². The summed E-state index contributed by atoms with van der Waals surface area (Å²) in [5.41, 5.74) is 2.22. The summed E-state index contributed by atoms with van der Waals surface area (Å²) in [6.07, 6.45) is -0.988. The van der Waals surface area contributed by atoms with Gasteiger partial charge >= 0.3 is 6.09 Å². The second-order valence-electron chi connectivity index (χ2n) is 4.29. The van der Waals surface area contributed by atoms with Crippen LogP contribution in [0.1, 0.15) is 17.2 Å². The van der Waals surface area contributed by atoms with E-state index in [-0.39, 0.29) is 0 Å². The molecule has 1 fully saturated rings. The van der Waals surface area contributed by atoms with Crippen molar-refractivity contribution < 1.29 is 19.1 Å². The minimum absolute atomic E-state index is 0.352. The van der Waals surface area contributed by atoms with E-state index < -0.39 is 18.1 Å². The van der Waals surface area contributed by atoms with E-state index in [1.165, 1.54) is 7.11 Å². The van der Waals surface area contributed by atoms with Crippen molar-refractivity contribution in [1.29, 1.82) is 0 Å². The zero-order chi connectivity index (χ0) is 13.6. The Morgan fingerprint density at radius 1 is 1.47 bits per heavy atom. The first-order valence-corrected chi connectivity index (χ1v) is 6.14. The topological polar surface area (TPSA) is 76.7 Å². The second-order valence-corrected chi connectivity index (χ2v) is 4.70. The number of hydrogen-bond acceptors (Lipinski definition) is 5. The molecule has 1 unspecified atom stereocenters. The van der Waals surface area contributed by atoms with E-state index in [1.54, 1.807) is 6.07 Å². The molecule has 6 nitrogen and oxygen atoms in total. The highest BCUT2D eigenvalue weighted by Crippen LogP contribution is 2.44. The van der Waals surface area contributed by atoms with Crippen molar-refractivity contribution in [2.24, 2.45) is 0 Å². The SMILES string of the molecule is COc1c(Cl)cc2c(c1C1OC(=O)NC1=O)NCC2. The number of benzene rings is 1. The van der Waals surface area contributed by atoms with E-state index in [0.717, 1.165) is 24.2 Å². The Hall–Kier alpha value is -1.95. The third-order valence-corrected chi connectivity index (χ3v) is 3.48. The first kappa shape index (κ1) is 12.1. The molecular weight excluding hydrogens is 272 g/mol. The van der Waals surface area contributed by atoms with Crippen LogP contribution in [0.25, 0.3) is 0 Å². The van der Waals surface area contributed by atoms with E-state index >= 15 is 0 Å². The van der Waals surface area contributed by atoms with Gasteiger partial charge in [-0.1, -0.05) is 11.6 Å². The summed E-state index contributed by atoms with van der Waals surface area (Å²) in [6, 6.07) is 1.80. The zero-order valence-electron chi connectivity index (χ0n) is 10.1. The number of halogens is 1. The summed E-state index contributed by atoms with van der Waals surface area (Å²) in [6.45, 7) is 0.744. The van der Waals surface area contributed by atoms with Crippen LogP contribution < -0.4 is 15.4 Å². The average Bonchev–Trinajstić information content (AvgIpc) is 2.93. The highest BCUT2D eigenvalue weighted by molar-refractivity contribution is 6.32. The van der Waals surface area contributed by atoms with Crippen molar-refractivity contribution in [3.63, 3.8) is 0 Å². The summed E-state index contributed by atoms with van der Waals surface area (Å²) in [7, 11) is 1.46. The summed E-state index contributed by atoms with van der Waals surface area (Å²) in [5.74, 6) is -0.161. The molecule has 100 valence electrons. The zero-order valence-corrected chi connectivity index (χ0v) is 10.8. The summed E-state index contributed by atoms with van der Waals surface area (Å²) in [5, 5.41) is 5.67. The van der Waals surface area contributed by atoms with Crippen molar-refractivity contribution in [3.8, 4) is 5.75 Å². The molecule has 0 spiro atoms. The molecular formula is C12H11ClN2O4. The number of nitrogens with one attached hydrogen (secondary N) is 2. The number of cyclic esters (lactones) is 1. The van der Waals surface area contributed by atoms with Gasteiger partial charge in [0.05, 0.1) is 17.7 Å². The minimum Gasteiger partial charge on any atom is -0.495 e. The largest absolute Gasteiger partial charge is 0.495 e. The van der Waals surface area contributed by atoms with Crippen molar-refractivity contribution in [1.82, 2.24) is 5.32 Å². The maximum atomic E-state index is 11.8. The predicted molar refractivity (Wildman–Crippen MR) is 67.6 cm³/mol. The van der Waals surface area contributed by atoms with Crippen LogP contribution in [0.2, 0.25) is 5.02 Å². The molecule has 0 saturated carbocycles. The summed E-state index contributed by atoms with van der Waals surface area (Å²) >= 11 is 6.15. The highest BCUT2D eigenvalue weighted by atomic mass is 35.5. The molecule has 1 atom stereocenters. The van der Waals surface area contributed by atoms with Gasteiger partial charge in [-0.15, -0.1) is 0 Å². The van der Waals surface area contributed by atoms with Crippen LogP contribution in [0.15, 0.2) is 6.07 Å². The van der Waals surface area contributed by atoms with Gasteiger partial charge in [-0.2, -0.15) is 0 Å². The number of rotatable bonds is 2. The van der Waals surface area contributed by atoms with Crippen molar-refractivity contribution in [2.45, 2.75) is 12.5 Å². The average molecular weight is 283 g/mol. The van der Waals surface area contributed by atoms with E-state index in [9.17, 15) is 9.59 Å². The summed E-state index contributed by atoms with van der Waals surface area (Å²) in [4.78, 5) is 23.0. The normalized spacial score (nSPS) is 20.6. The van der Waals surface area contributed by atoms with Crippen LogP contribution >= 0.6 is 11.6 Å². The minimum atomic E-state index is -1.03. The molecule has 19 heavy (non-hydrogen) atoms. The number of ether oxygens (including phenoxy) is 2. The molecule has 0 aromatic heterocycles. The third-order valence-electron chi connectivity index (χ3n) is 3.20. The lowest BCUT2D eigenvalue weighted by molar-refractivity contribution is -0.123. The lowest BCUT2D eigenvalue weighted by Crippen LogP contribution is -2.21. The van der Waals surface area contributed by atoms with Crippen LogP contribution in [-0.2, 0) is 16.0 Å². The van der Waals surface area contributed by atoms with Crippen LogP contribution in [-0.4, -0.2) is 25.7 Å². The van der Waals surface area contributed by atoms with Gasteiger partial charge in [0.25, 0.3) is 5.91 Å². The Morgan fingerprint density at radius 2 is 2.26 bits per heavy atom. The molecule has 7 heteroatoms. The fraction of sp³-hybridized carbons (Fsp3) is 0.333. The number of methoxy groups -OCH3 is 1. The van der Waals surface area contributed by atoms with E-state index in [0.29, 0.717) is 16.3 Å². The number of imide groups is 1. The van der Waals surface area contributed by atoms with Gasteiger partial charge in [0.15, 0.2) is 0 Å². The fourth-order valence-electron chi connectivity index (χ4n) is 2.44. The predicted octanol–water partition coefficient (Wildman–Crippen LogP) is 1.62. The quantitative estimate of drug-likeness (QED) is 0.862. The highest BCUT2D eigenvalue weighted by Gasteiger charge is 2.39. The molecule has 2 amide bonds. The first-order chi connectivity index (χ1) is 9.11. The molecule has 0 bridgehead atoms. The molecule has 0 aliphatic carbocycles. The smallest absolute Gasteiger partial charge is 0.415 e. The van der Waals surface area contributed by atoms with Crippen LogP contribution in [0.4, 0.5) is 10.5 Å². The van der Waals surface area contributed by atoms with Gasteiger partial charge in [-0.3, -0.25) is 10.1 Å². The van der Waals surface area contributed by atoms with Crippen molar-refractivity contribution in [3.05, 3.63) is 22.2 Å². The molecule has 2 heterocycles. The Balaban J connectivity index is 2.19. The maximum absolute atomic E-state index is 11.8. The van der Waals surface area contributed by atoms with Gasteiger partial charge in [0, 0.05) is 12.2 Å². The van der Waals surface area contributed by atoms with Crippen LogP contribution in [0.5, 0.6) is 5.75 Å². The van der Waals surface area contributed by atoms with E-state index in [4.69, 9.17) is 21.1 Å². The maximum Gasteiger partial charge on any atom is 0.415 e. The van der Waals surface area contributed by atoms with Crippen molar-refractivity contribution in [2.75, 3.05) is 19.0 Å². The Bertz CT molecular complexity index is 584. The van der Waals surface area contributed by atoms with Gasteiger partial charge in [0.2, 0.25) is 6.10 Å². The summed E-state index contributed by atoms with van der Waals surface area (Å²) < 4.78 is 10.3. The fourth-order valence-corrected chi connectivity index (χ4v) is 2.75. The Kier molecular flexibility index (Phi) is 2.74. The molecule has 0 radical (unpaired) electrons. The van der Waals surface area contributed by atoms with Gasteiger partial charge in [0.1, 0.15) is 5.75 Å². The number of carbonyl (C=O) groups excluding carboxylic acids is 2. The molecule has 2 N–H and O–H groups in total. The first-order valence-electron chi connectivity index (χ1n) is 5.76. The van der Waals surface area contributed by atoms with Gasteiger partial charge < -0.3 is 14.8 Å². The molecule has 3 rings (SSSR count). The standard InChI is InChI=1S/C12H11ClN2O4/c1-18-9-6(13)4-5-2-3-14-8(5)7(9)10-11(16)15-12(17)19-10/h4,10,14H,2-3H2,1H3,(H,15,16,17). The van der Waals surface area contributed by atoms with Crippen molar-refractivity contribution >= 4 is 29.3 Å². The third kappa shape index (κ3) is 1.79. The lowest BCUT2D eigenvalue weighted by Gasteiger charge is -2.17. The molecule has 1 saturated heterocycles. The molecule has 2 aliphatic rings. The molecule has 1 aromatic carbocycles. The van der Waals surface area contributed by atoms with Gasteiger partial charge in [-0.05, 0) is 18.1 Å². The van der Waals surface area contributed by atoms with Crippen LogP contribution in [0.3, 0.4) is 0 Å². The van der Waals surface area contributed by atoms with Gasteiger partial charge in [-0.25, -0.2) is 4.79 Å². The van der Waals surface area contributed by atoms with Crippen LogP contribution in [0, 0.1) is 0 Å². The molecule has 2 aliphatic heterocycles. The number of carbonyl (C=O) groups is 2.